The van der Waals surface area contributed by atoms with E-state index in [-0.39, 0.29) is 17.9 Å². The number of rotatable bonds is 5. The van der Waals surface area contributed by atoms with Crippen molar-refractivity contribution in [2.24, 2.45) is 11.7 Å². The maximum Gasteiger partial charge on any atom is 0.321 e. The third-order valence-electron chi connectivity index (χ3n) is 3.43. The molecule has 1 heterocycles. The minimum atomic E-state index is -0.186. The smallest absolute Gasteiger partial charge is 0.321 e. The van der Waals surface area contributed by atoms with Crippen molar-refractivity contribution in [3.05, 3.63) is 24.3 Å². The number of carbonyl (C=O) groups is 2. The van der Waals surface area contributed by atoms with Crippen molar-refractivity contribution in [3.8, 4) is 0 Å². The maximum atomic E-state index is 12.0. The van der Waals surface area contributed by atoms with Gasteiger partial charge in [0.05, 0.1) is 5.92 Å². The molecule has 1 saturated heterocycles. The second-order valence-electron chi connectivity index (χ2n) is 4.76. The molecule has 6 heteroatoms. The summed E-state index contributed by atoms with van der Waals surface area (Å²) in [7, 11) is 0. The Labute approximate surface area is 118 Å². The Bertz CT molecular complexity index is 500. The van der Waals surface area contributed by atoms with E-state index in [4.69, 9.17) is 5.73 Å². The monoisotopic (exact) mass is 276 g/mol. The van der Waals surface area contributed by atoms with Gasteiger partial charge in [-0.2, -0.15) is 0 Å². The molecule has 0 bridgehead atoms. The van der Waals surface area contributed by atoms with Gasteiger partial charge in [-0.05, 0) is 24.6 Å². The molecule has 1 aliphatic heterocycles. The normalized spacial score (nSPS) is 15.9. The van der Waals surface area contributed by atoms with Crippen LogP contribution in [0.15, 0.2) is 24.3 Å². The van der Waals surface area contributed by atoms with Crippen LogP contribution in [0.25, 0.3) is 0 Å². The number of benzene rings is 1. The predicted octanol–water partition coefficient (Wildman–Crippen LogP) is 1.14. The van der Waals surface area contributed by atoms with Gasteiger partial charge in [0, 0.05) is 31.0 Å². The number of nitrogens with zero attached hydrogens (tertiary/aromatic N) is 1. The standard InChI is InChI=1S/C14H20N4O2/c1-2-10(9-15)13(19)17-11-4-3-5-12(8-11)18-7-6-16-14(18)20/h3-5,8,10H,2,6-7,9,15H2,1H3,(H,16,20)(H,17,19). The zero-order valence-electron chi connectivity index (χ0n) is 11.6. The molecule has 0 aromatic heterocycles. The van der Waals surface area contributed by atoms with Crippen molar-refractivity contribution in [2.75, 3.05) is 29.9 Å². The van der Waals surface area contributed by atoms with Gasteiger partial charge in [0.25, 0.3) is 0 Å². The zero-order chi connectivity index (χ0) is 14.5. The van der Waals surface area contributed by atoms with Crippen molar-refractivity contribution in [2.45, 2.75) is 13.3 Å². The van der Waals surface area contributed by atoms with Crippen molar-refractivity contribution in [3.63, 3.8) is 0 Å². The number of nitrogens with one attached hydrogen (secondary N) is 2. The van der Waals surface area contributed by atoms with Crippen molar-refractivity contribution >= 4 is 23.3 Å². The Balaban J connectivity index is 2.10. The first-order chi connectivity index (χ1) is 9.65. The summed E-state index contributed by atoms with van der Waals surface area (Å²) in [5.41, 5.74) is 7.02. The van der Waals surface area contributed by atoms with E-state index in [9.17, 15) is 9.59 Å². The van der Waals surface area contributed by atoms with E-state index < -0.39 is 0 Å². The predicted molar refractivity (Wildman–Crippen MR) is 78.7 cm³/mol. The van der Waals surface area contributed by atoms with Crippen LogP contribution in [0.1, 0.15) is 13.3 Å². The molecule has 20 heavy (non-hydrogen) atoms. The Hall–Kier alpha value is -2.08. The summed E-state index contributed by atoms with van der Waals surface area (Å²) < 4.78 is 0. The fourth-order valence-corrected chi connectivity index (χ4v) is 2.17. The number of anilines is 2. The summed E-state index contributed by atoms with van der Waals surface area (Å²) in [5.74, 6) is -0.272. The third-order valence-corrected chi connectivity index (χ3v) is 3.43. The van der Waals surface area contributed by atoms with Gasteiger partial charge in [-0.15, -0.1) is 0 Å². The Morgan fingerprint density at radius 3 is 2.95 bits per heavy atom. The quantitative estimate of drug-likeness (QED) is 0.753. The van der Waals surface area contributed by atoms with Crippen LogP contribution < -0.4 is 21.3 Å². The molecular weight excluding hydrogens is 256 g/mol. The van der Waals surface area contributed by atoms with Gasteiger partial charge >= 0.3 is 6.03 Å². The van der Waals surface area contributed by atoms with Gasteiger partial charge in [0.15, 0.2) is 0 Å². The first-order valence-corrected chi connectivity index (χ1v) is 6.82. The molecule has 1 fully saturated rings. The van der Waals surface area contributed by atoms with Gasteiger partial charge in [-0.25, -0.2) is 4.79 Å². The lowest BCUT2D eigenvalue weighted by Gasteiger charge is -2.17. The van der Waals surface area contributed by atoms with Gasteiger partial charge in [0.1, 0.15) is 0 Å². The molecule has 0 spiro atoms. The number of amides is 3. The molecule has 108 valence electrons. The molecule has 0 radical (unpaired) electrons. The van der Waals surface area contributed by atoms with Crippen molar-refractivity contribution in [1.82, 2.24) is 5.32 Å². The molecule has 1 aliphatic rings. The summed E-state index contributed by atoms with van der Waals surface area (Å²) in [6, 6.07) is 7.16. The maximum absolute atomic E-state index is 12.0. The largest absolute Gasteiger partial charge is 0.336 e. The molecule has 0 aliphatic carbocycles. The second kappa shape index (κ2) is 6.38. The lowest BCUT2D eigenvalue weighted by atomic mass is 10.1. The molecule has 1 aromatic carbocycles. The summed E-state index contributed by atoms with van der Waals surface area (Å²) >= 11 is 0. The molecule has 1 atom stereocenters. The minimum absolute atomic E-state index is 0.0852. The Morgan fingerprint density at radius 2 is 2.35 bits per heavy atom. The average Bonchev–Trinajstić information content (AvgIpc) is 2.86. The minimum Gasteiger partial charge on any atom is -0.336 e. The Kier molecular flexibility index (Phi) is 4.57. The molecule has 4 N–H and O–H groups in total. The van der Waals surface area contributed by atoms with Gasteiger partial charge < -0.3 is 16.4 Å². The topological polar surface area (TPSA) is 87.5 Å². The highest BCUT2D eigenvalue weighted by Gasteiger charge is 2.21. The number of carbonyl (C=O) groups excluding carboxylic acids is 2. The van der Waals surface area contributed by atoms with Crippen LogP contribution in [-0.2, 0) is 4.79 Å². The lowest BCUT2D eigenvalue weighted by molar-refractivity contribution is -0.119. The third kappa shape index (κ3) is 3.08. The van der Waals surface area contributed by atoms with Crippen LogP contribution in [0.2, 0.25) is 0 Å². The SMILES string of the molecule is CCC(CN)C(=O)Nc1cccc(N2CCNC2=O)c1. The van der Waals surface area contributed by atoms with E-state index >= 15 is 0 Å². The van der Waals surface area contributed by atoms with Crippen LogP contribution in [0.4, 0.5) is 16.2 Å². The highest BCUT2D eigenvalue weighted by atomic mass is 16.2. The van der Waals surface area contributed by atoms with Crippen LogP contribution in [0.3, 0.4) is 0 Å². The fourth-order valence-electron chi connectivity index (χ4n) is 2.17. The van der Waals surface area contributed by atoms with Crippen LogP contribution in [0.5, 0.6) is 0 Å². The number of hydrogen-bond donors (Lipinski definition) is 3. The second-order valence-corrected chi connectivity index (χ2v) is 4.76. The number of urea groups is 1. The van der Waals surface area contributed by atoms with Gasteiger partial charge in [0.2, 0.25) is 5.91 Å². The van der Waals surface area contributed by atoms with Crippen molar-refractivity contribution in [1.29, 1.82) is 0 Å². The first kappa shape index (κ1) is 14.3. The molecule has 3 amide bonds. The molecular formula is C14H20N4O2. The van der Waals surface area contributed by atoms with Crippen LogP contribution in [-0.4, -0.2) is 31.6 Å². The summed E-state index contributed by atoms with van der Waals surface area (Å²) in [5, 5.41) is 5.59. The molecule has 6 nitrogen and oxygen atoms in total. The molecule has 1 unspecified atom stereocenters. The van der Waals surface area contributed by atoms with E-state index in [1.165, 1.54) is 0 Å². The van der Waals surface area contributed by atoms with Crippen LogP contribution in [0, 0.1) is 5.92 Å². The number of nitrogens with two attached hydrogens (primary N) is 1. The van der Waals surface area contributed by atoms with Gasteiger partial charge in [-0.3, -0.25) is 9.69 Å². The zero-order valence-corrected chi connectivity index (χ0v) is 11.6. The lowest BCUT2D eigenvalue weighted by Crippen LogP contribution is -2.29. The van der Waals surface area contributed by atoms with E-state index in [0.717, 1.165) is 5.69 Å². The number of hydrogen-bond acceptors (Lipinski definition) is 3. The van der Waals surface area contributed by atoms with E-state index in [0.29, 0.717) is 31.7 Å². The molecule has 2 rings (SSSR count). The van der Waals surface area contributed by atoms with E-state index in [2.05, 4.69) is 10.6 Å². The summed E-state index contributed by atoms with van der Waals surface area (Å²) in [4.78, 5) is 25.3. The van der Waals surface area contributed by atoms with E-state index in [1.54, 1.807) is 17.0 Å². The summed E-state index contributed by atoms with van der Waals surface area (Å²) in [6.45, 7) is 3.54. The van der Waals surface area contributed by atoms with E-state index in [1.807, 2.05) is 19.1 Å². The average molecular weight is 276 g/mol. The molecule has 0 saturated carbocycles. The molecule has 1 aromatic rings. The van der Waals surface area contributed by atoms with Crippen LogP contribution >= 0.6 is 0 Å². The first-order valence-electron chi connectivity index (χ1n) is 6.82. The summed E-state index contributed by atoms with van der Waals surface area (Å²) in [6.07, 6.45) is 0.705. The highest BCUT2D eigenvalue weighted by Crippen LogP contribution is 2.21. The van der Waals surface area contributed by atoms with Crippen molar-refractivity contribution < 1.29 is 9.59 Å². The fraction of sp³-hybridized carbons (Fsp3) is 0.429. The Morgan fingerprint density at radius 1 is 1.55 bits per heavy atom. The highest BCUT2D eigenvalue weighted by molar-refractivity contribution is 5.96. The van der Waals surface area contributed by atoms with Gasteiger partial charge in [-0.1, -0.05) is 13.0 Å².